The maximum absolute atomic E-state index is 13.2. The van der Waals surface area contributed by atoms with Gasteiger partial charge in [0.05, 0.1) is 32.0 Å². The van der Waals surface area contributed by atoms with E-state index in [1.807, 2.05) is 6.08 Å². The van der Waals surface area contributed by atoms with Gasteiger partial charge in [-0.15, -0.1) is 0 Å². The number of allylic oxidation sites excluding steroid dienone is 1. The fourth-order valence-corrected chi connectivity index (χ4v) is 9.59. The van der Waals surface area contributed by atoms with Crippen LogP contribution in [-0.2, 0) is 23.7 Å². The lowest BCUT2D eigenvalue weighted by Gasteiger charge is -2.46. The molecular weight excluding hydrogens is 883 g/mol. The number of aliphatic hydroxyl groups excluding tert-OH is 8. The molecule has 4 unspecified atom stereocenters. The van der Waals surface area contributed by atoms with Gasteiger partial charge >= 0.3 is 0 Å². The average molecular weight is 988 g/mol. The molecule has 0 aromatic carbocycles. The Morgan fingerprint density at radius 1 is 0.507 bits per heavy atom. The zero-order valence-corrected chi connectivity index (χ0v) is 43.6. The van der Waals surface area contributed by atoms with Crippen molar-refractivity contribution >= 4 is 5.91 Å². The highest BCUT2D eigenvalue weighted by atomic mass is 16.7. The van der Waals surface area contributed by atoms with Gasteiger partial charge in [0.1, 0.15) is 48.8 Å². The number of aliphatic hydroxyl groups is 8. The van der Waals surface area contributed by atoms with Crippen molar-refractivity contribution < 1.29 is 64.6 Å². The molecule has 2 fully saturated rings. The van der Waals surface area contributed by atoms with Gasteiger partial charge < -0.3 is 65.1 Å². The molecule has 0 saturated carbocycles. The number of hydrogen-bond acceptors (Lipinski definition) is 13. The van der Waals surface area contributed by atoms with Gasteiger partial charge in [0.2, 0.25) is 5.91 Å². The fraction of sp³-hybridized carbons (Fsp3) is 0.945. The van der Waals surface area contributed by atoms with Crippen LogP contribution in [0.1, 0.15) is 239 Å². The van der Waals surface area contributed by atoms with E-state index >= 15 is 0 Å². The second kappa shape index (κ2) is 42.1. The van der Waals surface area contributed by atoms with Gasteiger partial charge in [0.25, 0.3) is 0 Å². The molecule has 2 rings (SSSR count). The lowest BCUT2D eigenvalue weighted by Crippen LogP contribution is -2.65. The van der Waals surface area contributed by atoms with Gasteiger partial charge in [-0.2, -0.15) is 0 Å². The van der Waals surface area contributed by atoms with Gasteiger partial charge in [-0.1, -0.05) is 225 Å². The van der Waals surface area contributed by atoms with E-state index in [4.69, 9.17) is 18.9 Å². The summed E-state index contributed by atoms with van der Waals surface area (Å²) in [6, 6.07) is -0.908. The Morgan fingerprint density at radius 3 is 1.33 bits per heavy atom. The first-order valence-corrected chi connectivity index (χ1v) is 28.4. The molecule has 408 valence electrons. The van der Waals surface area contributed by atoms with Crippen molar-refractivity contribution in [3.8, 4) is 0 Å². The van der Waals surface area contributed by atoms with Crippen LogP contribution < -0.4 is 5.32 Å². The molecule has 2 heterocycles. The summed E-state index contributed by atoms with van der Waals surface area (Å²) in [5.41, 5.74) is 0. The molecule has 2 aliphatic rings. The van der Waals surface area contributed by atoms with Gasteiger partial charge in [0, 0.05) is 6.42 Å². The Hall–Kier alpha value is -1.27. The van der Waals surface area contributed by atoms with Gasteiger partial charge in [-0.3, -0.25) is 4.79 Å². The number of hydrogen-bond donors (Lipinski definition) is 9. The van der Waals surface area contributed by atoms with E-state index in [1.165, 1.54) is 173 Å². The number of ether oxygens (including phenoxy) is 4. The molecule has 0 aliphatic carbocycles. The van der Waals surface area contributed by atoms with Crippen molar-refractivity contribution in [3.05, 3.63) is 12.2 Å². The summed E-state index contributed by atoms with van der Waals surface area (Å²) in [4.78, 5) is 13.2. The summed E-state index contributed by atoms with van der Waals surface area (Å²) >= 11 is 0. The third-order valence-electron chi connectivity index (χ3n) is 14.2. The van der Waals surface area contributed by atoms with Crippen molar-refractivity contribution in [1.82, 2.24) is 5.32 Å². The minimum atomic E-state index is -1.78. The molecule has 9 N–H and O–H groups in total. The average Bonchev–Trinajstić information content (AvgIpc) is 3.35. The molecule has 1 amide bonds. The van der Waals surface area contributed by atoms with Crippen LogP contribution in [-0.4, -0.2) is 140 Å². The van der Waals surface area contributed by atoms with Crippen molar-refractivity contribution in [2.75, 3.05) is 19.8 Å². The maximum atomic E-state index is 13.2. The second-order valence-electron chi connectivity index (χ2n) is 20.4. The zero-order chi connectivity index (χ0) is 50.3. The van der Waals surface area contributed by atoms with Crippen LogP contribution in [0.25, 0.3) is 0 Å². The number of nitrogens with one attached hydrogen (secondary N) is 1. The Kier molecular flexibility index (Phi) is 39.0. The lowest BCUT2D eigenvalue weighted by atomic mass is 9.97. The topological polar surface area (TPSA) is 228 Å². The summed E-state index contributed by atoms with van der Waals surface area (Å²) in [5, 5.41) is 87.0. The molecule has 0 bridgehead atoms. The Balaban J connectivity index is 1.80. The highest BCUT2D eigenvalue weighted by molar-refractivity contribution is 5.76. The summed E-state index contributed by atoms with van der Waals surface area (Å²) in [5.74, 6) is -0.235. The van der Waals surface area contributed by atoms with Crippen molar-refractivity contribution in [3.63, 3.8) is 0 Å². The van der Waals surface area contributed by atoms with Crippen molar-refractivity contribution in [1.29, 1.82) is 0 Å². The number of carbonyl (C=O) groups excluding carboxylic acids is 1. The quantitative estimate of drug-likeness (QED) is 0.0206. The number of unbranched alkanes of at least 4 members (excludes halogenated alkanes) is 32. The minimum Gasteiger partial charge on any atom is -0.394 e. The van der Waals surface area contributed by atoms with Gasteiger partial charge in [-0.05, 0) is 19.3 Å². The van der Waals surface area contributed by atoms with Crippen LogP contribution in [0, 0.1) is 0 Å². The monoisotopic (exact) mass is 988 g/mol. The SMILES string of the molecule is CCCCCCCCCCCCCCCCC/C=C/[C@@H](O)[C@H](CO[C@@H]1O[C@H](CO)[C@@H](O[C@@H]2O[C@H](CO)[C@H](O)C(O)C2O)C(O)C1O)NC(=O)CCCCCCCCCCCCCCCCCCCC. The summed E-state index contributed by atoms with van der Waals surface area (Å²) in [7, 11) is 0. The predicted octanol–water partition coefficient (Wildman–Crippen LogP) is 8.72. The van der Waals surface area contributed by atoms with E-state index in [2.05, 4.69) is 19.2 Å². The van der Waals surface area contributed by atoms with Crippen molar-refractivity contribution in [2.24, 2.45) is 0 Å². The highest BCUT2D eigenvalue weighted by Crippen LogP contribution is 2.30. The first kappa shape index (κ1) is 63.8. The van der Waals surface area contributed by atoms with Crippen molar-refractivity contribution in [2.45, 2.75) is 312 Å². The van der Waals surface area contributed by atoms with Crippen LogP contribution in [0.2, 0.25) is 0 Å². The Morgan fingerprint density at radius 2 is 0.899 bits per heavy atom. The molecule has 0 radical (unpaired) electrons. The third-order valence-corrected chi connectivity index (χ3v) is 14.2. The smallest absolute Gasteiger partial charge is 0.220 e. The lowest BCUT2D eigenvalue weighted by molar-refractivity contribution is -0.359. The molecule has 14 nitrogen and oxygen atoms in total. The van der Waals surface area contributed by atoms with E-state index in [0.29, 0.717) is 6.42 Å². The van der Waals surface area contributed by atoms with Crippen LogP contribution in [0.5, 0.6) is 0 Å². The molecular formula is C55H105NO13. The van der Waals surface area contributed by atoms with E-state index in [-0.39, 0.29) is 18.9 Å². The van der Waals surface area contributed by atoms with Crippen LogP contribution in [0.4, 0.5) is 0 Å². The molecule has 14 heteroatoms. The second-order valence-corrected chi connectivity index (χ2v) is 20.4. The zero-order valence-electron chi connectivity index (χ0n) is 43.6. The maximum Gasteiger partial charge on any atom is 0.220 e. The van der Waals surface area contributed by atoms with E-state index in [9.17, 15) is 45.6 Å². The fourth-order valence-electron chi connectivity index (χ4n) is 9.59. The summed E-state index contributed by atoms with van der Waals surface area (Å²) in [6.07, 6.45) is 29.6. The van der Waals surface area contributed by atoms with E-state index in [0.717, 1.165) is 38.5 Å². The standard InChI is InChI=1S/C55H105NO13/c1-3-5-7-9-11-13-15-17-19-21-23-25-27-29-31-33-35-37-39-47(60)56-43(44(59)38-36-34-32-30-28-26-24-22-20-18-16-14-12-10-8-6-4-2)42-66-54-52(65)50(63)53(46(41-58)68-54)69-55-51(64)49(62)48(61)45(40-57)67-55/h36,38,43-46,48-55,57-59,61-65H,3-35,37,39-42H2,1-2H3,(H,56,60)/b38-36+/t43-,44+,45+,46+,48-,49?,50?,51?,52?,53+,54+,55-/m0/s1. The van der Waals surface area contributed by atoms with E-state index in [1.54, 1.807) is 6.08 Å². The van der Waals surface area contributed by atoms with Gasteiger partial charge in [-0.25, -0.2) is 0 Å². The summed E-state index contributed by atoms with van der Waals surface area (Å²) in [6.45, 7) is 2.82. The van der Waals surface area contributed by atoms with Crippen LogP contribution in [0.3, 0.4) is 0 Å². The molecule has 12 atom stereocenters. The number of amides is 1. The highest BCUT2D eigenvalue weighted by Gasteiger charge is 2.51. The summed E-state index contributed by atoms with van der Waals surface area (Å²) < 4.78 is 22.8. The first-order valence-electron chi connectivity index (χ1n) is 28.4. The molecule has 2 saturated heterocycles. The normalized spacial score (nSPS) is 26.2. The number of rotatable bonds is 45. The third kappa shape index (κ3) is 28.7. The minimum absolute atomic E-state index is 0.235. The first-order chi connectivity index (χ1) is 33.6. The molecule has 69 heavy (non-hydrogen) atoms. The van der Waals surface area contributed by atoms with Crippen LogP contribution in [0.15, 0.2) is 12.2 Å². The Bertz CT molecular complexity index is 1210. The largest absolute Gasteiger partial charge is 0.394 e. The van der Waals surface area contributed by atoms with Gasteiger partial charge in [0.15, 0.2) is 12.6 Å². The molecule has 0 aromatic rings. The molecule has 0 aromatic heterocycles. The van der Waals surface area contributed by atoms with Crippen LogP contribution >= 0.6 is 0 Å². The number of carbonyl (C=O) groups is 1. The van der Waals surface area contributed by atoms with E-state index < -0.39 is 86.8 Å². The Labute approximate surface area is 418 Å². The predicted molar refractivity (Wildman–Crippen MR) is 272 cm³/mol. The molecule has 2 aliphatic heterocycles. The molecule has 0 spiro atoms.